The van der Waals surface area contributed by atoms with Gasteiger partial charge in [0.25, 0.3) is 0 Å². The lowest BCUT2D eigenvalue weighted by molar-refractivity contribution is 0.0914. The van der Waals surface area contributed by atoms with Gasteiger partial charge in [0.2, 0.25) is 0 Å². The van der Waals surface area contributed by atoms with Crippen LogP contribution in [0.15, 0.2) is 27.4 Å². The minimum Gasteiger partial charge on any atom is -0.490 e. The van der Waals surface area contributed by atoms with Crippen LogP contribution in [0.2, 0.25) is 0 Å². The highest BCUT2D eigenvalue weighted by molar-refractivity contribution is 5.85. The zero-order valence-electron chi connectivity index (χ0n) is 9.40. The van der Waals surface area contributed by atoms with Crippen molar-refractivity contribution in [3.63, 3.8) is 0 Å². The molecule has 3 rings (SSSR count). The van der Waals surface area contributed by atoms with Crippen LogP contribution >= 0.6 is 0 Å². The van der Waals surface area contributed by atoms with Crippen LogP contribution in [0.3, 0.4) is 0 Å². The molecule has 17 heavy (non-hydrogen) atoms. The third-order valence-corrected chi connectivity index (χ3v) is 2.96. The molecule has 88 valence electrons. The van der Waals surface area contributed by atoms with E-state index in [0.29, 0.717) is 23.3 Å². The molecule has 0 saturated heterocycles. The molecular weight excluding hydrogens is 220 g/mol. The summed E-state index contributed by atoms with van der Waals surface area (Å²) in [6, 6.07) is 5.63. The molecule has 1 N–H and O–H groups in total. The molecule has 1 aliphatic heterocycles. The molecular formula is C13H12O4. The smallest absolute Gasteiger partial charge is 0.343 e. The van der Waals surface area contributed by atoms with Crippen LogP contribution in [0.4, 0.5) is 0 Å². The van der Waals surface area contributed by atoms with Crippen LogP contribution in [-0.4, -0.2) is 17.8 Å². The standard InChI is InChI=1S/C13H12O4/c1-7-2-3-9-11(4-7)17-13(15)10-5-8(14)6-16-12(9)10/h2-4,8,14H,5-6H2,1H3. The Morgan fingerprint density at radius 2 is 2.24 bits per heavy atom. The first kappa shape index (κ1) is 10.4. The Bertz CT molecular complexity index is 642. The Hall–Kier alpha value is -1.81. The fraction of sp³-hybridized carbons (Fsp3) is 0.308. The molecule has 4 heteroatoms. The lowest BCUT2D eigenvalue weighted by atomic mass is 10.0. The maximum atomic E-state index is 11.8. The Kier molecular flexibility index (Phi) is 2.19. The molecule has 0 aliphatic carbocycles. The number of aliphatic hydroxyl groups excluding tert-OH is 1. The van der Waals surface area contributed by atoms with Crippen LogP contribution in [0, 0.1) is 6.92 Å². The first-order valence-corrected chi connectivity index (χ1v) is 5.52. The number of aliphatic hydroxyl groups is 1. The zero-order valence-corrected chi connectivity index (χ0v) is 9.40. The van der Waals surface area contributed by atoms with Crippen molar-refractivity contribution in [2.24, 2.45) is 0 Å². The summed E-state index contributed by atoms with van der Waals surface area (Å²) in [6.45, 7) is 2.16. The highest BCUT2D eigenvalue weighted by atomic mass is 16.5. The molecule has 2 heterocycles. The average molecular weight is 232 g/mol. The first-order chi connectivity index (χ1) is 8.15. The van der Waals surface area contributed by atoms with Crippen molar-refractivity contribution in [3.05, 3.63) is 39.7 Å². The number of benzene rings is 1. The van der Waals surface area contributed by atoms with Gasteiger partial charge in [0.15, 0.2) is 0 Å². The zero-order chi connectivity index (χ0) is 12.0. The van der Waals surface area contributed by atoms with Crippen molar-refractivity contribution < 1.29 is 14.3 Å². The van der Waals surface area contributed by atoms with Gasteiger partial charge in [-0.25, -0.2) is 4.79 Å². The summed E-state index contributed by atoms with van der Waals surface area (Å²) in [6.07, 6.45) is -0.338. The van der Waals surface area contributed by atoms with E-state index >= 15 is 0 Å². The lowest BCUT2D eigenvalue weighted by Gasteiger charge is -2.21. The van der Waals surface area contributed by atoms with E-state index in [2.05, 4.69) is 0 Å². The Balaban J connectivity index is 2.35. The molecule has 1 aliphatic rings. The van der Waals surface area contributed by atoms with Crippen LogP contribution < -0.4 is 10.4 Å². The normalized spacial score (nSPS) is 18.8. The molecule has 0 amide bonds. The predicted octanol–water partition coefficient (Wildman–Crippen LogP) is 1.40. The summed E-state index contributed by atoms with van der Waals surface area (Å²) in [5, 5.41) is 10.3. The van der Waals surface area contributed by atoms with E-state index in [1.807, 2.05) is 25.1 Å². The molecule has 0 fully saturated rings. The van der Waals surface area contributed by atoms with Gasteiger partial charge in [0, 0.05) is 6.42 Å². The maximum absolute atomic E-state index is 11.8. The van der Waals surface area contributed by atoms with Gasteiger partial charge in [-0.1, -0.05) is 6.07 Å². The van der Waals surface area contributed by atoms with Gasteiger partial charge >= 0.3 is 5.63 Å². The van der Waals surface area contributed by atoms with Crippen LogP contribution in [0.25, 0.3) is 11.0 Å². The fourth-order valence-corrected chi connectivity index (χ4v) is 2.13. The van der Waals surface area contributed by atoms with Crippen molar-refractivity contribution in [1.29, 1.82) is 0 Å². The summed E-state index contributed by atoms with van der Waals surface area (Å²) in [5.41, 5.74) is 1.57. The number of fused-ring (bicyclic) bond motifs is 3. The molecule has 0 spiro atoms. The van der Waals surface area contributed by atoms with Crippen molar-refractivity contribution in [2.75, 3.05) is 6.61 Å². The minimum absolute atomic E-state index is 0.222. The number of hydrogen-bond donors (Lipinski definition) is 1. The highest BCUT2D eigenvalue weighted by Crippen LogP contribution is 2.31. The van der Waals surface area contributed by atoms with Gasteiger partial charge < -0.3 is 14.3 Å². The molecule has 0 bridgehead atoms. The maximum Gasteiger partial charge on any atom is 0.343 e. The van der Waals surface area contributed by atoms with Gasteiger partial charge in [-0.15, -0.1) is 0 Å². The van der Waals surface area contributed by atoms with E-state index in [-0.39, 0.29) is 6.61 Å². The third kappa shape index (κ3) is 1.61. The molecule has 0 radical (unpaired) electrons. The van der Waals surface area contributed by atoms with E-state index in [4.69, 9.17) is 9.15 Å². The van der Waals surface area contributed by atoms with E-state index in [1.54, 1.807) is 0 Å². The second kappa shape index (κ2) is 3.60. The van der Waals surface area contributed by atoms with E-state index in [1.165, 1.54) is 0 Å². The second-order valence-electron chi connectivity index (χ2n) is 4.37. The second-order valence-corrected chi connectivity index (χ2v) is 4.37. The lowest BCUT2D eigenvalue weighted by Crippen LogP contribution is -2.29. The Morgan fingerprint density at radius 1 is 1.41 bits per heavy atom. The van der Waals surface area contributed by atoms with E-state index in [9.17, 15) is 9.90 Å². The molecule has 4 nitrogen and oxygen atoms in total. The predicted molar refractivity (Wildman–Crippen MR) is 62.4 cm³/mol. The van der Waals surface area contributed by atoms with E-state index in [0.717, 1.165) is 10.9 Å². The number of rotatable bonds is 0. The van der Waals surface area contributed by atoms with Crippen LogP contribution in [0.5, 0.6) is 5.75 Å². The van der Waals surface area contributed by atoms with Gasteiger partial charge in [0.05, 0.1) is 17.1 Å². The Morgan fingerprint density at radius 3 is 3.06 bits per heavy atom. The summed E-state index contributed by atoms with van der Waals surface area (Å²) in [4.78, 5) is 11.8. The van der Waals surface area contributed by atoms with Crippen molar-refractivity contribution >= 4 is 11.0 Å². The highest BCUT2D eigenvalue weighted by Gasteiger charge is 2.24. The van der Waals surface area contributed by atoms with Gasteiger partial charge in [-0.3, -0.25) is 0 Å². The number of hydrogen-bond acceptors (Lipinski definition) is 4. The van der Waals surface area contributed by atoms with E-state index < -0.39 is 11.7 Å². The van der Waals surface area contributed by atoms with Gasteiger partial charge in [0.1, 0.15) is 17.9 Å². The number of ether oxygens (including phenoxy) is 1. The molecule has 1 atom stereocenters. The third-order valence-electron chi connectivity index (χ3n) is 2.96. The minimum atomic E-state index is -0.631. The summed E-state index contributed by atoms with van der Waals surface area (Å²) in [5.74, 6) is 0.557. The van der Waals surface area contributed by atoms with Crippen LogP contribution in [0.1, 0.15) is 11.1 Å². The van der Waals surface area contributed by atoms with Crippen LogP contribution in [-0.2, 0) is 6.42 Å². The first-order valence-electron chi connectivity index (χ1n) is 5.52. The average Bonchev–Trinajstić information content (AvgIpc) is 2.29. The molecule has 2 aromatic rings. The van der Waals surface area contributed by atoms with Gasteiger partial charge in [-0.05, 0) is 24.6 Å². The number of aryl methyl sites for hydroxylation is 1. The van der Waals surface area contributed by atoms with Gasteiger partial charge in [-0.2, -0.15) is 0 Å². The SMILES string of the molecule is Cc1ccc2c3c(c(=O)oc2c1)CC(O)CO3. The quantitative estimate of drug-likeness (QED) is 0.697. The molecule has 0 saturated carbocycles. The molecule has 1 aromatic heterocycles. The molecule has 1 unspecified atom stereocenters. The monoisotopic (exact) mass is 232 g/mol. The summed E-state index contributed by atoms with van der Waals surface area (Å²) >= 11 is 0. The molecule has 1 aromatic carbocycles. The topological polar surface area (TPSA) is 59.7 Å². The van der Waals surface area contributed by atoms with Crippen molar-refractivity contribution in [3.8, 4) is 5.75 Å². The summed E-state index contributed by atoms with van der Waals surface area (Å²) < 4.78 is 10.7. The fourth-order valence-electron chi connectivity index (χ4n) is 2.13. The Labute approximate surface area is 97.4 Å². The largest absolute Gasteiger partial charge is 0.490 e. The van der Waals surface area contributed by atoms with Crippen molar-refractivity contribution in [2.45, 2.75) is 19.4 Å². The van der Waals surface area contributed by atoms with Crippen molar-refractivity contribution in [1.82, 2.24) is 0 Å². The summed E-state index contributed by atoms with van der Waals surface area (Å²) in [7, 11) is 0.